The smallest absolute Gasteiger partial charge is 0.153 e. The highest BCUT2D eigenvalue weighted by atomic mass is 35.5. The van der Waals surface area contributed by atoms with E-state index in [4.69, 9.17) is 22.5 Å². The Labute approximate surface area is 123 Å². The molecule has 0 aromatic heterocycles. The van der Waals surface area contributed by atoms with Crippen molar-refractivity contribution < 1.29 is 9.60 Å². The molecule has 6 heteroatoms. The highest BCUT2D eigenvalue weighted by Crippen LogP contribution is 2.26. The number of nitrogens with two attached hydrogens (primary N) is 1. The molecule has 1 aromatic carbocycles. The number of oxime groups is 1. The average molecular weight is 300 g/mol. The standard InChI is InChI=1S/C14H19ClFN3O/c15-11-5-6-13(16)10(7-11)8-19(9-14(17)18-20)12-3-1-2-4-12/h5-7,12,20H,1-4,8-9H2,(H2,17,18). The summed E-state index contributed by atoms with van der Waals surface area (Å²) in [5.74, 6) is -0.142. The third-order valence-corrected chi connectivity index (χ3v) is 3.95. The van der Waals surface area contributed by atoms with Gasteiger partial charge in [-0.05, 0) is 31.0 Å². The fourth-order valence-corrected chi connectivity index (χ4v) is 2.90. The molecular weight excluding hydrogens is 281 g/mol. The molecule has 2 rings (SSSR count). The van der Waals surface area contributed by atoms with Crippen LogP contribution in [0.15, 0.2) is 23.4 Å². The van der Waals surface area contributed by atoms with E-state index in [9.17, 15) is 4.39 Å². The number of rotatable bonds is 5. The van der Waals surface area contributed by atoms with Gasteiger partial charge in [0.25, 0.3) is 0 Å². The van der Waals surface area contributed by atoms with Gasteiger partial charge >= 0.3 is 0 Å². The summed E-state index contributed by atoms with van der Waals surface area (Å²) in [6.07, 6.45) is 4.44. The minimum Gasteiger partial charge on any atom is -0.409 e. The van der Waals surface area contributed by atoms with Crippen molar-refractivity contribution in [2.75, 3.05) is 6.54 Å². The first-order valence-electron chi connectivity index (χ1n) is 6.74. The normalized spacial score (nSPS) is 17.1. The molecule has 1 aromatic rings. The summed E-state index contributed by atoms with van der Waals surface area (Å²) in [4.78, 5) is 2.05. The lowest BCUT2D eigenvalue weighted by molar-refractivity contribution is 0.211. The van der Waals surface area contributed by atoms with Crippen LogP contribution >= 0.6 is 11.6 Å². The van der Waals surface area contributed by atoms with E-state index in [0.717, 1.165) is 25.7 Å². The molecule has 110 valence electrons. The van der Waals surface area contributed by atoms with Crippen LogP contribution in [0.3, 0.4) is 0 Å². The Hall–Kier alpha value is -1.33. The van der Waals surface area contributed by atoms with Crippen molar-refractivity contribution in [2.24, 2.45) is 10.9 Å². The van der Waals surface area contributed by atoms with Crippen molar-refractivity contribution in [3.05, 3.63) is 34.6 Å². The van der Waals surface area contributed by atoms with Gasteiger partial charge in [0.05, 0.1) is 6.54 Å². The van der Waals surface area contributed by atoms with Crippen LogP contribution in [0.4, 0.5) is 4.39 Å². The van der Waals surface area contributed by atoms with E-state index in [-0.39, 0.29) is 11.7 Å². The first-order valence-corrected chi connectivity index (χ1v) is 7.12. The Morgan fingerprint density at radius 2 is 2.15 bits per heavy atom. The maximum atomic E-state index is 13.8. The fraction of sp³-hybridized carbons (Fsp3) is 0.500. The summed E-state index contributed by atoms with van der Waals surface area (Å²) in [7, 11) is 0. The molecule has 20 heavy (non-hydrogen) atoms. The maximum absolute atomic E-state index is 13.8. The fourth-order valence-electron chi connectivity index (χ4n) is 2.71. The van der Waals surface area contributed by atoms with Crippen molar-refractivity contribution >= 4 is 17.4 Å². The van der Waals surface area contributed by atoms with Crippen molar-refractivity contribution in [1.29, 1.82) is 0 Å². The zero-order valence-corrected chi connectivity index (χ0v) is 12.0. The molecule has 1 fully saturated rings. The van der Waals surface area contributed by atoms with Crippen LogP contribution < -0.4 is 5.73 Å². The van der Waals surface area contributed by atoms with Crippen LogP contribution in [0.1, 0.15) is 31.2 Å². The van der Waals surface area contributed by atoms with E-state index in [1.807, 2.05) is 0 Å². The van der Waals surface area contributed by atoms with Crippen molar-refractivity contribution in [3.8, 4) is 0 Å². The van der Waals surface area contributed by atoms with Gasteiger partial charge in [0, 0.05) is 23.2 Å². The lowest BCUT2D eigenvalue weighted by atomic mass is 10.1. The van der Waals surface area contributed by atoms with Gasteiger partial charge in [-0.2, -0.15) is 0 Å². The van der Waals surface area contributed by atoms with Gasteiger partial charge in [-0.25, -0.2) is 4.39 Å². The van der Waals surface area contributed by atoms with Gasteiger partial charge in [-0.15, -0.1) is 0 Å². The molecule has 0 amide bonds. The summed E-state index contributed by atoms with van der Waals surface area (Å²) in [5, 5.41) is 12.3. The highest BCUT2D eigenvalue weighted by molar-refractivity contribution is 6.30. The number of halogens is 2. The van der Waals surface area contributed by atoms with Gasteiger partial charge < -0.3 is 10.9 Å². The quantitative estimate of drug-likeness (QED) is 0.380. The van der Waals surface area contributed by atoms with Gasteiger partial charge in [0.1, 0.15) is 5.82 Å². The molecule has 0 radical (unpaired) electrons. The molecule has 4 nitrogen and oxygen atoms in total. The summed E-state index contributed by atoms with van der Waals surface area (Å²) >= 11 is 5.92. The van der Waals surface area contributed by atoms with E-state index in [1.165, 1.54) is 12.1 Å². The zero-order valence-electron chi connectivity index (χ0n) is 11.2. The first-order chi connectivity index (χ1) is 9.60. The Morgan fingerprint density at radius 3 is 2.80 bits per heavy atom. The molecule has 0 aliphatic heterocycles. The minimum atomic E-state index is -0.281. The molecule has 3 N–H and O–H groups in total. The van der Waals surface area contributed by atoms with Gasteiger partial charge in [-0.3, -0.25) is 4.90 Å². The minimum absolute atomic E-state index is 0.138. The second-order valence-corrected chi connectivity index (χ2v) is 5.61. The van der Waals surface area contributed by atoms with Gasteiger partial charge in [0.15, 0.2) is 5.84 Å². The maximum Gasteiger partial charge on any atom is 0.153 e. The average Bonchev–Trinajstić information content (AvgIpc) is 2.96. The Kier molecular flexibility index (Phi) is 5.20. The van der Waals surface area contributed by atoms with Crippen LogP contribution in [-0.2, 0) is 6.54 Å². The Bertz CT molecular complexity index is 489. The second kappa shape index (κ2) is 6.90. The zero-order chi connectivity index (χ0) is 14.5. The van der Waals surface area contributed by atoms with Crippen LogP contribution in [0.5, 0.6) is 0 Å². The van der Waals surface area contributed by atoms with Crippen LogP contribution in [0.2, 0.25) is 5.02 Å². The Balaban J connectivity index is 2.15. The third-order valence-electron chi connectivity index (χ3n) is 3.72. The van der Waals surface area contributed by atoms with E-state index in [1.54, 1.807) is 6.07 Å². The molecular formula is C14H19ClFN3O. The summed E-state index contributed by atoms with van der Waals surface area (Å²) in [5.41, 5.74) is 6.14. The van der Waals surface area contributed by atoms with Gasteiger partial charge in [-0.1, -0.05) is 29.6 Å². The molecule has 0 unspecified atom stereocenters. The molecule has 0 bridgehead atoms. The molecule has 1 saturated carbocycles. The van der Waals surface area contributed by atoms with Crippen molar-refractivity contribution in [1.82, 2.24) is 4.90 Å². The number of nitrogens with zero attached hydrogens (tertiary/aromatic N) is 2. The predicted octanol–water partition coefficient (Wildman–Crippen LogP) is 2.97. The molecule has 0 heterocycles. The number of amidine groups is 1. The van der Waals surface area contributed by atoms with E-state index in [0.29, 0.717) is 29.7 Å². The van der Waals surface area contributed by atoms with E-state index >= 15 is 0 Å². The van der Waals surface area contributed by atoms with E-state index < -0.39 is 0 Å². The summed E-state index contributed by atoms with van der Waals surface area (Å²) in [6, 6.07) is 4.87. The topological polar surface area (TPSA) is 61.8 Å². The predicted molar refractivity (Wildman–Crippen MR) is 77.5 cm³/mol. The SMILES string of the molecule is N/C(CN(Cc1cc(Cl)ccc1F)C1CCCC1)=N/O. The van der Waals surface area contributed by atoms with E-state index in [2.05, 4.69) is 10.1 Å². The molecule has 1 aliphatic rings. The largest absolute Gasteiger partial charge is 0.409 e. The van der Waals surface area contributed by atoms with Crippen LogP contribution in [0.25, 0.3) is 0 Å². The second-order valence-electron chi connectivity index (χ2n) is 5.17. The van der Waals surface area contributed by atoms with Crippen molar-refractivity contribution in [2.45, 2.75) is 38.3 Å². The lowest BCUT2D eigenvalue weighted by Gasteiger charge is -2.28. The molecule has 0 saturated heterocycles. The van der Waals surface area contributed by atoms with Crippen LogP contribution in [0, 0.1) is 5.82 Å². The number of hydrogen-bond acceptors (Lipinski definition) is 3. The monoisotopic (exact) mass is 299 g/mol. The molecule has 1 aliphatic carbocycles. The number of benzene rings is 1. The van der Waals surface area contributed by atoms with Crippen molar-refractivity contribution in [3.63, 3.8) is 0 Å². The number of hydrogen-bond donors (Lipinski definition) is 2. The summed E-state index contributed by atoms with van der Waals surface area (Å²) < 4.78 is 13.8. The Morgan fingerprint density at radius 1 is 1.45 bits per heavy atom. The summed E-state index contributed by atoms with van der Waals surface area (Å²) in [6.45, 7) is 0.737. The molecule has 0 spiro atoms. The van der Waals surface area contributed by atoms with Gasteiger partial charge in [0.2, 0.25) is 0 Å². The first kappa shape index (κ1) is 15.1. The third kappa shape index (κ3) is 3.84. The lowest BCUT2D eigenvalue weighted by Crippen LogP contribution is -2.39. The van der Waals surface area contributed by atoms with Crippen LogP contribution in [-0.4, -0.2) is 28.5 Å². The highest BCUT2D eigenvalue weighted by Gasteiger charge is 2.24. The molecule has 0 atom stereocenters.